The van der Waals surface area contributed by atoms with Crippen molar-refractivity contribution in [2.24, 2.45) is 0 Å². The van der Waals surface area contributed by atoms with E-state index >= 15 is 0 Å². The summed E-state index contributed by atoms with van der Waals surface area (Å²) in [5.41, 5.74) is 3.43. The maximum absolute atomic E-state index is 11.4. The third-order valence-electron chi connectivity index (χ3n) is 6.29. The van der Waals surface area contributed by atoms with E-state index in [1.54, 1.807) is 6.07 Å². The van der Waals surface area contributed by atoms with Gasteiger partial charge in [-0.25, -0.2) is 0 Å². The minimum Gasteiger partial charge on any atom is -0.491 e. The third kappa shape index (κ3) is 4.92. The summed E-state index contributed by atoms with van der Waals surface area (Å²) in [6.45, 7) is 4.67. The van der Waals surface area contributed by atoms with Crippen LogP contribution in [0.5, 0.6) is 5.75 Å². The van der Waals surface area contributed by atoms with E-state index in [0.29, 0.717) is 12.3 Å². The average molecular weight is 420 g/mol. The third-order valence-corrected chi connectivity index (χ3v) is 6.29. The van der Waals surface area contributed by atoms with Crippen LogP contribution in [-0.2, 0) is 0 Å². The first-order chi connectivity index (χ1) is 15.1. The molecule has 1 aliphatic carbocycles. The number of aliphatic hydroxyl groups is 1. The van der Waals surface area contributed by atoms with Gasteiger partial charge in [-0.15, -0.1) is 0 Å². The summed E-state index contributed by atoms with van der Waals surface area (Å²) < 4.78 is 5.79. The van der Waals surface area contributed by atoms with Crippen molar-refractivity contribution in [3.63, 3.8) is 0 Å². The second-order valence-corrected chi connectivity index (χ2v) is 8.69. The lowest BCUT2D eigenvalue weighted by molar-refractivity contribution is 0.0663. The summed E-state index contributed by atoms with van der Waals surface area (Å²) in [7, 11) is 0. The molecule has 3 aromatic rings. The fraction of sp³-hybridized carbons (Fsp3) is 0.400. The van der Waals surface area contributed by atoms with Crippen molar-refractivity contribution in [3.8, 4) is 5.75 Å². The Bertz CT molecular complexity index is 1080. The van der Waals surface area contributed by atoms with Crippen molar-refractivity contribution in [2.45, 2.75) is 24.9 Å². The zero-order valence-corrected chi connectivity index (χ0v) is 17.7. The number of aromatic nitrogens is 1. The Balaban J connectivity index is 1.08. The zero-order valence-electron chi connectivity index (χ0n) is 17.7. The maximum Gasteiger partial charge on any atom is 0.248 e. The van der Waals surface area contributed by atoms with Crippen LogP contribution in [-0.4, -0.2) is 60.4 Å². The summed E-state index contributed by atoms with van der Waals surface area (Å²) in [5.74, 6) is 1.49. The first kappa shape index (κ1) is 20.1. The lowest BCUT2D eigenvalue weighted by Crippen LogP contribution is -2.49. The number of aliphatic hydroxyl groups excluding tert-OH is 1. The Labute approximate surface area is 182 Å². The van der Waals surface area contributed by atoms with Crippen LogP contribution in [0.3, 0.4) is 0 Å². The van der Waals surface area contributed by atoms with E-state index in [2.05, 4.69) is 39.0 Å². The highest BCUT2D eigenvalue weighted by Gasteiger charge is 2.24. The van der Waals surface area contributed by atoms with E-state index in [9.17, 15) is 9.90 Å². The van der Waals surface area contributed by atoms with Gasteiger partial charge in [0.15, 0.2) is 0 Å². The summed E-state index contributed by atoms with van der Waals surface area (Å²) in [5, 5.41) is 11.4. The standard InChI is InChI=1S/C25H29N3O3/c29-22(17-31-23-8-9-24-20(15-23)5-10-25(30)26-24)16-27-11-13-28(14-12-27)21-6-3-19(4-7-21)18-1-2-18/h3-10,15,18,22,29H,1-2,11-14,16-17H2,(H,26,30)/t22-/m0/s1. The number of ether oxygens (including phenoxy) is 1. The van der Waals surface area contributed by atoms with E-state index in [1.807, 2.05) is 18.2 Å². The van der Waals surface area contributed by atoms with Crippen LogP contribution in [0.15, 0.2) is 59.4 Å². The number of aromatic amines is 1. The Morgan fingerprint density at radius 1 is 1.00 bits per heavy atom. The molecule has 6 heteroatoms. The number of rotatable bonds is 7. The quantitative estimate of drug-likeness (QED) is 0.616. The average Bonchev–Trinajstić information content (AvgIpc) is 3.64. The summed E-state index contributed by atoms with van der Waals surface area (Å²) in [4.78, 5) is 18.9. The number of nitrogens with zero attached hydrogens (tertiary/aromatic N) is 2. The first-order valence-electron chi connectivity index (χ1n) is 11.2. The molecule has 0 radical (unpaired) electrons. The number of H-pyrrole nitrogens is 1. The number of piperazine rings is 1. The van der Waals surface area contributed by atoms with Crippen LogP contribution in [0, 0.1) is 0 Å². The number of fused-ring (bicyclic) bond motifs is 1. The van der Waals surface area contributed by atoms with Crippen molar-refractivity contribution < 1.29 is 9.84 Å². The Morgan fingerprint density at radius 2 is 1.77 bits per heavy atom. The predicted molar refractivity (Wildman–Crippen MR) is 123 cm³/mol. The molecule has 0 amide bonds. The second kappa shape index (κ2) is 8.73. The number of nitrogens with one attached hydrogen (secondary N) is 1. The molecule has 1 saturated carbocycles. The molecule has 2 heterocycles. The minimum atomic E-state index is -0.546. The molecule has 0 spiro atoms. The molecule has 2 fully saturated rings. The van der Waals surface area contributed by atoms with Gasteiger partial charge >= 0.3 is 0 Å². The van der Waals surface area contributed by atoms with E-state index < -0.39 is 6.10 Å². The summed E-state index contributed by atoms with van der Waals surface area (Å²) >= 11 is 0. The van der Waals surface area contributed by atoms with Crippen LogP contribution in [0.2, 0.25) is 0 Å². The molecule has 1 saturated heterocycles. The van der Waals surface area contributed by atoms with Crippen LogP contribution in [0.25, 0.3) is 10.9 Å². The van der Waals surface area contributed by atoms with Crippen LogP contribution in [0.4, 0.5) is 5.69 Å². The molecule has 2 N–H and O–H groups in total. The fourth-order valence-corrected chi connectivity index (χ4v) is 4.33. The Hall–Kier alpha value is -2.83. The van der Waals surface area contributed by atoms with Crippen molar-refractivity contribution in [1.29, 1.82) is 0 Å². The van der Waals surface area contributed by atoms with Gasteiger partial charge in [-0.2, -0.15) is 0 Å². The number of benzene rings is 2. The molecular weight excluding hydrogens is 390 g/mol. The van der Waals surface area contributed by atoms with Crippen molar-refractivity contribution in [3.05, 3.63) is 70.5 Å². The molecule has 162 valence electrons. The van der Waals surface area contributed by atoms with Gasteiger partial charge in [0.05, 0.1) is 0 Å². The van der Waals surface area contributed by atoms with Gasteiger partial charge < -0.3 is 19.7 Å². The molecule has 0 bridgehead atoms. The van der Waals surface area contributed by atoms with Crippen LogP contribution in [0.1, 0.15) is 24.3 Å². The molecule has 0 unspecified atom stereocenters. The molecule has 31 heavy (non-hydrogen) atoms. The molecule has 6 nitrogen and oxygen atoms in total. The van der Waals surface area contributed by atoms with Crippen molar-refractivity contribution >= 4 is 16.6 Å². The minimum absolute atomic E-state index is 0.119. The maximum atomic E-state index is 11.4. The van der Waals surface area contributed by atoms with E-state index in [4.69, 9.17) is 4.74 Å². The lowest BCUT2D eigenvalue weighted by Gasteiger charge is -2.37. The van der Waals surface area contributed by atoms with Crippen molar-refractivity contribution in [2.75, 3.05) is 44.2 Å². The number of hydrogen-bond acceptors (Lipinski definition) is 5. The summed E-state index contributed by atoms with van der Waals surface area (Å²) in [6, 6.07) is 17.9. The molecule has 5 rings (SSSR count). The van der Waals surface area contributed by atoms with Gasteiger partial charge in [0.1, 0.15) is 18.5 Å². The number of β-amino-alcohol motifs (C(OH)–C–C–N with tert-alkyl or cyclic N) is 1. The van der Waals surface area contributed by atoms with E-state index in [-0.39, 0.29) is 12.2 Å². The fourth-order valence-electron chi connectivity index (χ4n) is 4.33. The molecule has 1 atom stereocenters. The van der Waals surface area contributed by atoms with Crippen LogP contribution < -0.4 is 15.2 Å². The summed E-state index contributed by atoms with van der Waals surface area (Å²) in [6.07, 6.45) is 2.13. The highest BCUT2D eigenvalue weighted by molar-refractivity contribution is 5.79. The van der Waals surface area contributed by atoms with Gasteiger partial charge in [0.25, 0.3) is 0 Å². The number of hydrogen-bond donors (Lipinski definition) is 2. The molecule has 1 aromatic heterocycles. The molecule has 2 aliphatic rings. The topological polar surface area (TPSA) is 68.8 Å². The van der Waals surface area contributed by atoms with E-state index in [1.165, 1.54) is 30.2 Å². The monoisotopic (exact) mass is 419 g/mol. The lowest BCUT2D eigenvalue weighted by atomic mass is 10.1. The first-order valence-corrected chi connectivity index (χ1v) is 11.2. The second-order valence-electron chi connectivity index (χ2n) is 8.69. The van der Waals surface area contributed by atoms with Gasteiger partial charge in [0, 0.05) is 55.4 Å². The smallest absolute Gasteiger partial charge is 0.248 e. The highest BCUT2D eigenvalue weighted by atomic mass is 16.5. The van der Waals surface area contributed by atoms with Gasteiger partial charge in [-0.05, 0) is 60.7 Å². The van der Waals surface area contributed by atoms with Crippen LogP contribution >= 0.6 is 0 Å². The number of anilines is 1. The molecular formula is C25H29N3O3. The van der Waals surface area contributed by atoms with Crippen molar-refractivity contribution in [1.82, 2.24) is 9.88 Å². The molecule has 1 aliphatic heterocycles. The van der Waals surface area contributed by atoms with E-state index in [0.717, 1.165) is 43.0 Å². The Morgan fingerprint density at radius 3 is 2.52 bits per heavy atom. The van der Waals surface area contributed by atoms with Gasteiger partial charge in [-0.3, -0.25) is 9.69 Å². The number of pyridine rings is 1. The highest BCUT2D eigenvalue weighted by Crippen LogP contribution is 2.40. The van der Waals surface area contributed by atoms with Gasteiger partial charge in [0.2, 0.25) is 5.56 Å². The van der Waals surface area contributed by atoms with Gasteiger partial charge in [-0.1, -0.05) is 12.1 Å². The molecule has 2 aromatic carbocycles. The largest absolute Gasteiger partial charge is 0.491 e. The SMILES string of the molecule is O=c1ccc2cc(OC[C@@H](O)CN3CCN(c4ccc(C5CC5)cc4)CC3)ccc2[nH]1. The normalized spacial score (nSPS) is 18.3. The predicted octanol–water partition coefficient (Wildman–Crippen LogP) is 2.97. The Kier molecular flexibility index (Phi) is 5.66. The zero-order chi connectivity index (χ0) is 21.2.